The molecule has 5 rings (SSSR count). The third-order valence-electron chi connectivity index (χ3n) is 7.49. The smallest absolute Gasteiger partial charge is 0.323 e. The molecule has 222 valence electrons. The standard InChI is InChI=1S/C33H35N5O5/c1-21-5-3-4-6-28(21)36-33(43)35-25-11-9-23(10-12-25)17-30(40)34-26-13-14-29-27(18-26)32(42)37(16-15-22(2)39)20-31(41)38(29)19-24-7-8-24/h3-6,9-14,18,24,39H,2,7-8,15-17,19-20H2,1H3,(H,34,40)(H2,35,36,43). The van der Waals surface area contributed by atoms with Gasteiger partial charge >= 0.3 is 6.03 Å². The number of nitrogens with zero attached hydrogens (tertiary/aromatic N) is 2. The molecule has 1 fully saturated rings. The second kappa shape index (κ2) is 12.8. The van der Waals surface area contributed by atoms with Crippen LogP contribution >= 0.6 is 0 Å². The fourth-order valence-electron chi connectivity index (χ4n) is 4.94. The second-order valence-corrected chi connectivity index (χ2v) is 11.0. The van der Waals surface area contributed by atoms with E-state index in [0.717, 1.165) is 29.7 Å². The average Bonchev–Trinajstić information content (AvgIpc) is 3.80. The van der Waals surface area contributed by atoms with Crippen molar-refractivity contribution in [3.8, 4) is 0 Å². The molecule has 0 unspecified atom stereocenters. The number of hydrogen-bond acceptors (Lipinski definition) is 5. The van der Waals surface area contributed by atoms with Crippen molar-refractivity contribution in [1.29, 1.82) is 0 Å². The Hall–Kier alpha value is -5.12. The summed E-state index contributed by atoms with van der Waals surface area (Å²) in [6, 6.07) is 19.1. The van der Waals surface area contributed by atoms with Crippen LogP contribution in [0.4, 0.5) is 27.5 Å². The van der Waals surface area contributed by atoms with E-state index in [1.54, 1.807) is 47.4 Å². The lowest BCUT2D eigenvalue weighted by atomic mass is 10.1. The summed E-state index contributed by atoms with van der Waals surface area (Å²) in [6.45, 7) is 6.01. The van der Waals surface area contributed by atoms with Crippen LogP contribution in [0, 0.1) is 12.8 Å². The summed E-state index contributed by atoms with van der Waals surface area (Å²) in [5, 5.41) is 18.0. The van der Waals surface area contributed by atoms with E-state index in [1.165, 1.54) is 4.90 Å². The maximum Gasteiger partial charge on any atom is 0.323 e. The molecule has 0 saturated heterocycles. The van der Waals surface area contributed by atoms with Gasteiger partial charge in [-0.05, 0) is 73.2 Å². The minimum Gasteiger partial charge on any atom is -0.513 e. The Morgan fingerprint density at radius 3 is 2.37 bits per heavy atom. The van der Waals surface area contributed by atoms with Crippen molar-refractivity contribution in [2.24, 2.45) is 5.92 Å². The molecule has 0 aromatic heterocycles. The van der Waals surface area contributed by atoms with E-state index in [4.69, 9.17) is 0 Å². The highest BCUT2D eigenvalue weighted by atomic mass is 16.3. The molecule has 43 heavy (non-hydrogen) atoms. The predicted molar refractivity (Wildman–Crippen MR) is 166 cm³/mol. The molecular formula is C33H35N5O5. The molecule has 3 aromatic rings. The third kappa shape index (κ3) is 7.59. The molecule has 3 aromatic carbocycles. The molecule has 10 nitrogen and oxygen atoms in total. The van der Waals surface area contributed by atoms with Crippen molar-refractivity contribution in [3.05, 3.63) is 95.8 Å². The number of para-hydroxylation sites is 1. The van der Waals surface area contributed by atoms with Crippen LogP contribution in [0.15, 0.2) is 79.1 Å². The Bertz CT molecular complexity index is 1560. The summed E-state index contributed by atoms with van der Waals surface area (Å²) in [4.78, 5) is 55.0. The van der Waals surface area contributed by atoms with Crippen molar-refractivity contribution >= 4 is 46.5 Å². The van der Waals surface area contributed by atoms with Gasteiger partial charge in [0.2, 0.25) is 11.8 Å². The Kier molecular flexibility index (Phi) is 8.75. The molecule has 1 aliphatic heterocycles. The summed E-state index contributed by atoms with van der Waals surface area (Å²) in [6.07, 6.45) is 2.34. The molecule has 1 heterocycles. The summed E-state index contributed by atoms with van der Waals surface area (Å²) in [5.74, 6) is -0.439. The lowest BCUT2D eigenvalue weighted by Gasteiger charge is -2.23. The van der Waals surface area contributed by atoms with E-state index in [9.17, 15) is 24.3 Å². The number of aliphatic hydroxyl groups excluding tert-OH is 1. The number of urea groups is 1. The molecule has 0 bridgehead atoms. The SMILES string of the molecule is C=C(O)CCN1CC(=O)N(CC2CC2)c2ccc(NC(=O)Cc3ccc(NC(=O)Nc4ccccc4C)cc3)cc2C1=O. The minimum absolute atomic E-state index is 0.0603. The van der Waals surface area contributed by atoms with Crippen LogP contribution in [0.2, 0.25) is 0 Å². The minimum atomic E-state index is -0.366. The van der Waals surface area contributed by atoms with Crippen molar-refractivity contribution < 1.29 is 24.3 Å². The zero-order chi connectivity index (χ0) is 30.5. The van der Waals surface area contributed by atoms with Gasteiger partial charge in [-0.2, -0.15) is 0 Å². The second-order valence-electron chi connectivity index (χ2n) is 11.0. The van der Waals surface area contributed by atoms with Crippen LogP contribution < -0.4 is 20.9 Å². The summed E-state index contributed by atoms with van der Waals surface area (Å²) in [5.41, 5.74) is 4.29. The van der Waals surface area contributed by atoms with E-state index >= 15 is 0 Å². The van der Waals surface area contributed by atoms with Crippen LogP contribution in [-0.2, 0) is 16.0 Å². The monoisotopic (exact) mass is 581 g/mol. The molecule has 0 atom stereocenters. The van der Waals surface area contributed by atoms with Gasteiger partial charge in [-0.15, -0.1) is 0 Å². The van der Waals surface area contributed by atoms with Gasteiger partial charge in [0.15, 0.2) is 0 Å². The number of carbonyl (C=O) groups is 4. The number of benzene rings is 3. The number of amides is 5. The lowest BCUT2D eigenvalue weighted by molar-refractivity contribution is -0.119. The largest absolute Gasteiger partial charge is 0.513 e. The fourth-order valence-corrected chi connectivity index (χ4v) is 4.94. The van der Waals surface area contributed by atoms with Gasteiger partial charge in [-0.1, -0.05) is 36.9 Å². The fraction of sp³-hybridized carbons (Fsp3) is 0.273. The molecule has 10 heteroatoms. The highest BCUT2D eigenvalue weighted by molar-refractivity contribution is 6.10. The number of aryl methyl sites for hydroxylation is 1. The Balaban J connectivity index is 1.24. The number of hydrogen-bond donors (Lipinski definition) is 4. The van der Waals surface area contributed by atoms with Crippen LogP contribution in [0.1, 0.15) is 40.7 Å². The number of nitrogens with one attached hydrogen (secondary N) is 3. The van der Waals surface area contributed by atoms with Gasteiger partial charge in [0.1, 0.15) is 6.54 Å². The zero-order valence-electron chi connectivity index (χ0n) is 24.1. The van der Waals surface area contributed by atoms with Crippen LogP contribution in [0.5, 0.6) is 0 Å². The zero-order valence-corrected chi connectivity index (χ0v) is 24.1. The molecule has 0 spiro atoms. The first-order valence-electron chi connectivity index (χ1n) is 14.3. The average molecular weight is 582 g/mol. The van der Waals surface area contributed by atoms with Crippen LogP contribution in [0.25, 0.3) is 0 Å². The number of rotatable bonds is 10. The van der Waals surface area contributed by atoms with Gasteiger partial charge in [-0.3, -0.25) is 14.4 Å². The highest BCUT2D eigenvalue weighted by Gasteiger charge is 2.35. The van der Waals surface area contributed by atoms with Crippen molar-refractivity contribution in [2.45, 2.75) is 32.6 Å². The van der Waals surface area contributed by atoms with E-state index in [0.29, 0.717) is 35.1 Å². The van der Waals surface area contributed by atoms with E-state index < -0.39 is 0 Å². The summed E-state index contributed by atoms with van der Waals surface area (Å²) < 4.78 is 0. The normalized spacial score (nSPS) is 14.5. The van der Waals surface area contributed by atoms with Crippen molar-refractivity contribution in [3.63, 3.8) is 0 Å². The van der Waals surface area contributed by atoms with Crippen LogP contribution in [-0.4, -0.2) is 53.4 Å². The quantitative estimate of drug-likeness (QED) is 0.236. The molecule has 0 radical (unpaired) electrons. The number of anilines is 4. The van der Waals surface area contributed by atoms with Gasteiger partial charge in [-0.25, -0.2) is 4.79 Å². The Labute approximate surface area is 250 Å². The molecule has 5 amide bonds. The summed E-state index contributed by atoms with van der Waals surface area (Å²) in [7, 11) is 0. The maximum atomic E-state index is 13.5. The Morgan fingerprint density at radius 1 is 0.953 bits per heavy atom. The van der Waals surface area contributed by atoms with Crippen LogP contribution in [0.3, 0.4) is 0 Å². The topological polar surface area (TPSA) is 131 Å². The van der Waals surface area contributed by atoms with E-state index in [2.05, 4.69) is 22.5 Å². The first-order valence-corrected chi connectivity index (χ1v) is 14.3. The van der Waals surface area contributed by atoms with Crippen molar-refractivity contribution in [1.82, 2.24) is 4.90 Å². The first-order chi connectivity index (χ1) is 20.7. The molecule has 1 saturated carbocycles. The molecule has 4 N–H and O–H groups in total. The van der Waals surface area contributed by atoms with Gasteiger partial charge in [0.25, 0.3) is 5.91 Å². The maximum absolute atomic E-state index is 13.5. The first kappa shape index (κ1) is 29.4. The van der Waals surface area contributed by atoms with Gasteiger partial charge in [0, 0.05) is 36.6 Å². The third-order valence-corrected chi connectivity index (χ3v) is 7.49. The van der Waals surface area contributed by atoms with E-state index in [1.807, 2.05) is 31.2 Å². The molecule has 2 aliphatic rings. The van der Waals surface area contributed by atoms with Crippen molar-refractivity contribution in [2.75, 3.05) is 40.5 Å². The van der Waals surface area contributed by atoms with Gasteiger partial charge < -0.3 is 30.9 Å². The highest BCUT2D eigenvalue weighted by Crippen LogP contribution is 2.35. The number of carbonyl (C=O) groups excluding carboxylic acids is 4. The predicted octanol–water partition coefficient (Wildman–Crippen LogP) is 5.48. The Morgan fingerprint density at radius 2 is 1.67 bits per heavy atom. The summed E-state index contributed by atoms with van der Waals surface area (Å²) >= 11 is 0. The lowest BCUT2D eigenvalue weighted by Crippen LogP contribution is -2.40. The molecule has 1 aliphatic carbocycles. The van der Waals surface area contributed by atoms with E-state index in [-0.39, 0.29) is 55.4 Å². The number of fused-ring (bicyclic) bond motifs is 1. The molecular weight excluding hydrogens is 546 g/mol. The number of aliphatic hydroxyl groups is 1. The van der Waals surface area contributed by atoms with Gasteiger partial charge in [0.05, 0.1) is 23.4 Å².